The van der Waals surface area contributed by atoms with Gasteiger partial charge in [-0.05, 0) is 19.3 Å². The van der Waals surface area contributed by atoms with Gasteiger partial charge in [0.2, 0.25) is 5.88 Å². The predicted molar refractivity (Wildman–Crippen MR) is 53.6 cm³/mol. The molecule has 1 N–H and O–H groups in total. The molecule has 0 fully saturated rings. The summed E-state index contributed by atoms with van der Waals surface area (Å²) in [6.07, 6.45) is 3.79. The van der Waals surface area contributed by atoms with Crippen LogP contribution in [0.25, 0.3) is 0 Å². The zero-order chi connectivity index (χ0) is 10.1. The summed E-state index contributed by atoms with van der Waals surface area (Å²) in [7, 11) is 0. The maximum Gasteiger partial charge on any atom is 0.331 e. The molecule has 0 radical (unpaired) electrons. The second kappa shape index (κ2) is 3.52. The van der Waals surface area contributed by atoms with E-state index in [1.54, 1.807) is 4.57 Å². The average Bonchev–Trinajstić information content (AvgIpc) is 2.72. The Morgan fingerprint density at radius 3 is 2.93 bits per heavy atom. The Labute approximate surface area is 82.8 Å². The summed E-state index contributed by atoms with van der Waals surface area (Å²) in [5.74, 6) is 0.195. The highest BCUT2D eigenvalue weighted by atomic mass is 16.3. The lowest BCUT2D eigenvalue weighted by molar-refractivity contribution is 0.403. The maximum absolute atomic E-state index is 11.8. The Hall–Kier alpha value is -1.19. The molecular weight excluding hydrogens is 180 g/mol. The summed E-state index contributed by atoms with van der Waals surface area (Å²) < 4.78 is 3.20. The lowest BCUT2D eigenvalue weighted by Crippen LogP contribution is -2.23. The van der Waals surface area contributed by atoms with E-state index in [1.165, 1.54) is 4.57 Å². The smallest absolute Gasteiger partial charge is 0.331 e. The maximum atomic E-state index is 11.8. The standard InChI is InChI=1S/C10H16N2O2/c1-2-3-6-12-9(13)8-5-4-7-11(8)10(12)14/h13H,2-7H2,1H3. The van der Waals surface area contributed by atoms with Gasteiger partial charge in [-0.25, -0.2) is 4.79 Å². The molecular formula is C10H16N2O2. The molecule has 0 saturated carbocycles. The fourth-order valence-electron chi connectivity index (χ4n) is 2.03. The Morgan fingerprint density at radius 2 is 2.29 bits per heavy atom. The van der Waals surface area contributed by atoms with Crippen LogP contribution in [0, 0.1) is 0 Å². The molecule has 4 nitrogen and oxygen atoms in total. The number of rotatable bonds is 3. The van der Waals surface area contributed by atoms with Gasteiger partial charge in [0, 0.05) is 13.1 Å². The van der Waals surface area contributed by atoms with Crippen LogP contribution in [0.15, 0.2) is 4.79 Å². The minimum Gasteiger partial charge on any atom is -0.493 e. The number of aromatic hydroxyl groups is 1. The summed E-state index contributed by atoms with van der Waals surface area (Å²) in [4.78, 5) is 11.8. The van der Waals surface area contributed by atoms with Crippen molar-refractivity contribution in [1.29, 1.82) is 0 Å². The molecule has 4 heteroatoms. The highest BCUT2D eigenvalue weighted by Gasteiger charge is 2.22. The third-order valence-corrected chi connectivity index (χ3v) is 2.83. The molecule has 0 saturated heterocycles. The number of hydrogen-bond donors (Lipinski definition) is 1. The summed E-state index contributed by atoms with van der Waals surface area (Å²) >= 11 is 0. The molecule has 1 aromatic rings. The minimum absolute atomic E-state index is 0.0385. The van der Waals surface area contributed by atoms with Gasteiger partial charge in [-0.1, -0.05) is 13.3 Å². The first-order chi connectivity index (χ1) is 6.75. The summed E-state index contributed by atoms with van der Waals surface area (Å²) in [5, 5.41) is 9.80. The molecule has 2 rings (SSSR count). The second-order valence-corrected chi connectivity index (χ2v) is 3.81. The lowest BCUT2D eigenvalue weighted by atomic mass is 10.3. The van der Waals surface area contributed by atoms with E-state index in [1.807, 2.05) is 0 Å². The van der Waals surface area contributed by atoms with Crippen molar-refractivity contribution >= 4 is 0 Å². The predicted octanol–water partition coefficient (Wildman–Crippen LogP) is 1.10. The molecule has 0 atom stereocenters. The van der Waals surface area contributed by atoms with Gasteiger partial charge < -0.3 is 5.11 Å². The number of imidazole rings is 1. The summed E-state index contributed by atoms with van der Waals surface area (Å²) in [6, 6.07) is 0. The normalized spacial score (nSPS) is 14.6. The van der Waals surface area contributed by atoms with E-state index in [4.69, 9.17) is 0 Å². The van der Waals surface area contributed by atoms with Crippen molar-refractivity contribution < 1.29 is 5.11 Å². The second-order valence-electron chi connectivity index (χ2n) is 3.81. The molecule has 0 amide bonds. The first kappa shape index (κ1) is 9.37. The highest BCUT2D eigenvalue weighted by Crippen LogP contribution is 2.23. The summed E-state index contributed by atoms with van der Waals surface area (Å²) in [5.41, 5.74) is 0.787. The molecule has 1 aromatic heterocycles. The first-order valence-corrected chi connectivity index (χ1v) is 5.27. The monoisotopic (exact) mass is 196 g/mol. The lowest BCUT2D eigenvalue weighted by Gasteiger charge is -2.01. The molecule has 0 unspecified atom stereocenters. The Morgan fingerprint density at radius 1 is 1.50 bits per heavy atom. The number of nitrogens with zero attached hydrogens (tertiary/aromatic N) is 2. The van der Waals surface area contributed by atoms with E-state index in [2.05, 4.69) is 6.92 Å². The van der Waals surface area contributed by atoms with Crippen molar-refractivity contribution in [2.75, 3.05) is 0 Å². The third-order valence-electron chi connectivity index (χ3n) is 2.83. The van der Waals surface area contributed by atoms with Crippen molar-refractivity contribution in [3.05, 3.63) is 16.2 Å². The Bertz CT molecular complexity index is 390. The van der Waals surface area contributed by atoms with E-state index in [0.29, 0.717) is 6.54 Å². The van der Waals surface area contributed by atoms with Crippen LogP contribution in [0.3, 0.4) is 0 Å². The molecule has 1 aliphatic rings. The zero-order valence-electron chi connectivity index (χ0n) is 8.49. The average molecular weight is 196 g/mol. The fourth-order valence-corrected chi connectivity index (χ4v) is 2.03. The van der Waals surface area contributed by atoms with Crippen molar-refractivity contribution in [2.45, 2.75) is 45.7 Å². The van der Waals surface area contributed by atoms with E-state index >= 15 is 0 Å². The van der Waals surface area contributed by atoms with Crippen LogP contribution < -0.4 is 5.69 Å². The van der Waals surface area contributed by atoms with Crippen LogP contribution in [0.2, 0.25) is 0 Å². The number of aromatic nitrogens is 2. The van der Waals surface area contributed by atoms with E-state index < -0.39 is 0 Å². The molecule has 1 aliphatic heterocycles. The third kappa shape index (κ3) is 1.25. The van der Waals surface area contributed by atoms with E-state index in [0.717, 1.165) is 37.9 Å². The molecule has 0 spiro atoms. The van der Waals surface area contributed by atoms with Gasteiger partial charge in [0.1, 0.15) is 0 Å². The molecule has 2 heterocycles. The van der Waals surface area contributed by atoms with Crippen LogP contribution in [0.4, 0.5) is 0 Å². The zero-order valence-corrected chi connectivity index (χ0v) is 8.49. The Balaban J connectivity index is 2.37. The first-order valence-electron chi connectivity index (χ1n) is 5.27. The Kier molecular flexibility index (Phi) is 2.35. The van der Waals surface area contributed by atoms with Crippen LogP contribution >= 0.6 is 0 Å². The van der Waals surface area contributed by atoms with Gasteiger partial charge in [-0.3, -0.25) is 9.13 Å². The van der Waals surface area contributed by atoms with Gasteiger partial charge in [0.05, 0.1) is 5.69 Å². The van der Waals surface area contributed by atoms with Gasteiger partial charge in [0.15, 0.2) is 0 Å². The van der Waals surface area contributed by atoms with E-state index in [9.17, 15) is 9.90 Å². The van der Waals surface area contributed by atoms with Gasteiger partial charge in [-0.15, -0.1) is 0 Å². The number of unbranched alkanes of at least 4 members (excludes halogenated alkanes) is 1. The van der Waals surface area contributed by atoms with Gasteiger partial charge >= 0.3 is 5.69 Å². The summed E-state index contributed by atoms with van der Waals surface area (Å²) in [6.45, 7) is 3.48. The highest BCUT2D eigenvalue weighted by molar-refractivity contribution is 5.22. The van der Waals surface area contributed by atoms with Crippen LogP contribution in [0.5, 0.6) is 5.88 Å². The quantitative estimate of drug-likeness (QED) is 0.787. The van der Waals surface area contributed by atoms with Crippen LogP contribution in [0.1, 0.15) is 31.9 Å². The van der Waals surface area contributed by atoms with Crippen molar-refractivity contribution in [1.82, 2.24) is 9.13 Å². The number of fused-ring (bicyclic) bond motifs is 1. The van der Waals surface area contributed by atoms with Gasteiger partial charge in [-0.2, -0.15) is 0 Å². The minimum atomic E-state index is -0.0385. The SMILES string of the molecule is CCCCn1c(O)c2n(c1=O)CCC2. The van der Waals surface area contributed by atoms with Crippen molar-refractivity contribution in [2.24, 2.45) is 0 Å². The molecule has 0 aliphatic carbocycles. The largest absolute Gasteiger partial charge is 0.493 e. The molecule has 14 heavy (non-hydrogen) atoms. The van der Waals surface area contributed by atoms with Gasteiger partial charge in [0.25, 0.3) is 0 Å². The molecule has 0 aromatic carbocycles. The molecule has 0 bridgehead atoms. The van der Waals surface area contributed by atoms with E-state index in [-0.39, 0.29) is 11.6 Å². The fraction of sp³-hybridized carbons (Fsp3) is 0.700. The van der Waals surface area contributed by atoms with Crippen molar-refractivity contribution in [3.63, 3.8) is 0 Å². The topological polar surface area (TPSA) is 47.2 Å². The van der Waals surface area contributed by atoms with Crippen LogP contribution in [-0.4, -0.2) is 14.2 Å². The van der Waals surface area contributed by atoms with Crippen LogP contribution in [-0.2, 0) is 19.5 Å². The van der Waals surface area contributed by atoms with Crippen molar-refractivity contribution in [3.8, 4) is 5.88 Å². The molecule has 78 valence electrons. The number of hydrogen-bond acceptors (Lipinski definition) is 2.